The van der Waals surface area contributed by atoms with Crippen molar-refractivity contribution in [2.75, 3.05) is 12.8 Å². The van der Waals surface area contributed by atoms with Gasteiger partial charge >= 0.3 is 0 Å². The largest absolute Gasteiger partial charge is 0.375 e. The van der Waals surface area contributed by atoms with Crippen molar-refractivity contribution in [3.63, 3.8) is 0 Å². The first-order valence-electron chi connectivity index (χ1n) is 10.1. The van der Waals surface area contributed by atoms with Gasteiger partial charge in [0.05, 0.1) is 53.3 Å². The average Bonchev–Trinajstić information content (AvgIpc) is 3.28. The van der Waals surface area contributed by atoms with Gasteiger partial charge in [-0.2, -0.15) is 5.26 Å². The number of anilines is 1. The SMILES string of the molecule is CCC(OC)c1cccc(Cn2cc(-c3cc(-c4cccc(C#N)c4)nc(N)n3)nn2)n1. The van der Waals surface area contributed by atoms with Crippen LogP contribution in [-0.4, -0.2) is 37.1 Å². The monoisotopic (exact) mass is 426 g/mol. The summed E-state index contributed by atoms with van der Waals surface area (Å²) < 4.78 is 7.18. The lowest BCUT2D eigenvalue weighted by Crippen LogP contribution is -2.07. The fraction of sp³-hybridized carbons (Fsp3) is 0.217. The van der Waals surface area contributed by atoms with Gasteiger partial charge in [0, 0.05) is 12.7 Å². The molecule has 9 nitrogen and oxygen atoms in total. The highest BCUT2D eigenvalue weighted by Crippen LogP contribution is 2.24. The molecule has 1 unspecified atom stereocenters. The molecule has 2 N–H and O–H groups in total. The Hall–Kier alpha value is -4.16. The van der Waals surface area contributed by atoms with Crippen LogP contribution in [0.4, 0.5) is 5.95 Å². The van der Waals surface area contributed by atoms with E-state index in [0.717, 1.165) is 23.4 Å². The number of hydrogen-bond acceptors (Lipinski definition) is 8. The third kappa shape index (κ3) is 4.61. The van der Waals surface area contributed by atoms with Gasteiger partial charge in [0.2, 0.25) is 5.95 Å². The van der Waals surface area contributed by atoms with Gasteiger partial charge in [-0.15, -0.1) is 5.10 Å². The van der Waals surface area contributed by atoms with Crippen LogP contribution < -0.4 is 5.73 Å². The quantitative estimate of drug-likeness (QED) is 0.476. The van der Waals surface area contributed by atoms with Crippen LogP contribution >= 0.6 is 0 Å². The molecule has 0 radical (unpaired) electrons. The summed E-state index contributed by atoms with van der Waals surface area (Å²) in [5.41, 5.74) is 10.7. The van der Waals surface area contributed by atoms with Crippen LogP contribution in [0.5, 0.6) is 0 Å². The summed E-state index contributed by atoms with van der Waals surface area (Å²) in [7, 11) is 1.68. The summed E-state index contributed by atoms with van der Waals surface area (Å²) in [6, 6.07) is 16.9. The first-order valence-corrected chi connectivity index (χ1v) is 10.1. The maximum atomic E-state index is 9.16. The van der Waals surface area contributed by atoms with Gasteiger partial charge in [0.15, 0.2) is 0 Å². The predicted octanol–water partition coefficient (Wildman–Crippen LogP) is 3.40. The zero-order valence-electron chi connectivity index (χ0n) is 17.8. The maximum absolute atomic E-state index is 9.16. The van der Waals surface area contributed by atoms with E-state index in [9.17, 15) is 0 Å². The zero-order valence-corrected chi connectivity index (χ0v) is 17.8. The second kappa shape index (κ2) is 9.32. The Bertz CT molecular complexity index is 1270. The molecule has 32 heavy (non-hydrogen) atoms. The highest BCUT2D eigenvalue weighted by atomic mass is 16.5. The maximum Gasteiger partial charge on any atom is 0.221 e. The minimum absolute atomic E-state index is 0.0387. The van der Waals surface area contributed by atoms with E-state index in [1.165, 1.54) is 0 Å². The fourth-order valence-corrected chi connectivity index (χ4v) is 3.41. The van der Waals surface area contributed by atoms with E-state index in [-0.39, 0.29) is 12.1 Å². The molecule has 0 saturated carbocycles. The molecular formula is C23H22N8O. The smallest absolute Gasteiger partial charge is 0.221 e. The van der Waals surface area contributed by atoms with Crippen LogP contribution in [0.25, 0.3) is 22.6 Å². The Balaban J connectivity index is 1.60. The summed E-state index contributed by atoms with van der Waals surface area (Å²) in [5.74, 6) is 0.119. The average molecular weight is 426 g/mol. The van der Waals surface area contributed by atoms with Crippen molar-refractivity contribution in [2.24, 2.45) is 0 Å². The summed E-state index contributed by atoms with van der Waals surface area (Å²) in [6.45, 7) is 2.52. The first kappa shape index (κ1) is 21.1. The molecule has 1 aromatic carbocycles. The van der Waals surface area contributed by atoms with Gasteiger partial charge < -0.3 is 10.5 Å². The van der Waals surface area contributed by atoms with E-state index in [0.29, 0.717) is 29.2 Å². The lowest BCUT2D eigenvalue weighted by Gasteiger charge is -2.13. The number of ether oxygens (including phenoxy) is 1. The molecule has 0 aliphatic rings. The Morgan fingerprint density at radius 2 is 1.88 bits per heavy atom. The number of nitriles is 1. The van der Waals surface area contributed by atoms with Crippen LogP contribution in [0.1, 0.15) is 36.4 Å². The first-order chi connectivity index (χ1) is 15.6. The molecule has 0 amide bonds. The van der Waals surface area contributed by atoms with Gasteiger partial charge in [-0.3, -0.25) is 4.98 Å². The van der Waals surface area contributed by atoms with E-state index in [2.05, 4.69) is 33.3 Å². The van der Waals surface area contributed by atoms with Crippen molar-refractivity contribution >= 4 is 5.95 Å². The number of aromatic nitrogens is 6. The molecule has 3 aromatic heterocycles. The number of hydrogen-bond donors (Lipinski definition) is 1. The number of pyridine rings is 1. The van der Waals surface area contributed by atoms with Gasteiger partial charge in [0.1, 0.15) is 5.69 Å². The number of nitrogen functional groups attached to an aromatic ring is 1. The number of rotatable bonds is 7. The standard InChI is InChI=1S/C23H22N8O/c1-3-22(32-2)18-9-5-8-17(26-18)13-31-14-21(29-30-31)20-11-19(27-23(25)28-20)16-7-4-6-15(10-16)12-24/h4-11,14,22H,3,13H2,1-2H3,(H2,25,27,28). The Morgan fingerprint density at radius 1 is 1.06 bits per heavy atom. The van der Waals surface area contributed by atoms with E-state index < -0.39 is 0 Å². The van der Waals surface area contributed by atoms with Gasteiger partial charge in [-0.25, -0.2) is 14.6 Å². The molecule has 4 rings (SSSR count). The summed E-state index contributed by atoms with van der Waals surface area (Å²) >= 11 is 0. The summed E-state index contributed by atoms with van der Waals surface area (Å²) in [5, 5.41) is 17.6. The van der Waals surface area contributed by atoms with Gasteiger partial charge in [-0.1, -0.05) is 30.3 Å². The zero-order chi connectivity index (χ0) is 22.5. The normalized spacial score (nSPS) is 11.8. The third-order valence-electron chi connectivity index (χ3n) is 4.97. The molecule has 3 heterocycles. The van der Waals surface area contributed by atoms with E-state index >= 15 is 0 Å². The van der Waals surface area contributed by atoms with Crippen molar-refractivity contribution < 1.29 is 4.74 Å². The van der Waals surface area contributed by atoms with Crippen molar-refractivity contribution in [3.8, 4) is 28.7 Å². The van der Waals surface area contributed by atoms with Crippen molar-refractivity contribution in [1.29, 1.82) is 5.26 Å². The molecule has 9 heteroatoms. The van der Waals surface area contributed by atoms with Crippen molar-refractivity contribution in [2.45, 2.75) is 26.0 Å². The van der Waals surface area contributed by atoms with Crippen molar-refractivity contribution in [3.05, 3.63) is 71.7 Å². The number of nitrogens with zero attached hydrogens (tertiary/aromatic N) is 7. The molecule has 160 valence electrons. The van der Waals surface area contributed by atoms with E-state index in [1.54, 1.807) is 42.3 Å². The van der Waals surface area contributed by atoms with Crippen LogP contribution in [0.2, 0.25) is 0 Å². The molecule has 1 atom stereocenters. The van der Waals surface area contributed by atoms with Gasteiger partial charge in [-0.05, 0) is 36.8 Å². The second-order valence-corrected chi connectivity index (χ2v) is 7.18. The van der Waals surface area contributed by atoms with E-state index in [1.807, 2.05) is 24.3 Å². The topological polar surface area (TPSA) is 128 Å². The van der Waals surface area contributed by atoms with Gasteiger partial charge in [0.25, 0.3) is 0 Å². The minimum atomic E-state index is -0.0387. The predicted molar refractivity (Wildman–Crippen MR) is 119 cm³/mol. The second-order valence-electron chi connectivity index (χ2n) is 7.18. The lowest BCUT2D eigenvalue weighted by molar-refractivity contribution is 0.0963. The number of nitrogens with two attached hydrogens (primary N) is 1. The fourth-order valence-electron chi connectivity index (χ4n) is 3.41. The Kier molecular flexibility index (Phi) is 6.14. The van der Waals surface area contributed by atoms with Crippen LogP contribution in [0.3, 0.4) is 0 Å². The van der Waals surface area contributed by atoms with Crippen LogP contribution in [0.15, 0.2) is 54.7 Å². The molecule has 0 aliphatic heterocycles. The Labute approximate surface area is 185 Å². The Morgan fingerprint density at radius 3 is 2.66 bits per heavy atom. The van der Waals surface area contributed by atoms with Crippen LogP contribution in [0, 0.1) is 11.3 Å². The highest BCUT2D eigenvalue weighted by Gasteiger charge is 2.13. The molecule has 0 spiro atoms. The molecule has 0 fully saturated rings. The molecular weight excluding hydrogens is 404 g/mol. The third-order valence-corrected chi connectivity index (χ3v) is 4.97. The van der Waals surface area contributed by atoms with E-state index in [4.69, 9.17) is 20.7 Å². The summed E-state index contributed by atoms with van der Waals surface area (Å²) in [6.07, 6.45) is 2.59. The molecule has 0 saturated heterocycles. The lowest BCUT2D eigenvalue weighted by atomic mass is 10.1. The molecule has 0 aliphatic carbocycles. The molecule has 0 bridgehead atoms. The highest BCUT2D eigenvalue weighted by molar-refractivity contribution is 5.68. The van der Waals surface area contributed by atoms with Crippen LogP contribution in [-0.2, 0) is 11.3 Å². The van der Waals surface area contributed by atoms with Crippen molar-refractivity contribution in [1.82, 2.24) is 29.9 Å². The number of benzene rings is 1. The molecule has 4 aromatic rings. The number of methoxy groups -OCH3 is 1. The minimum Gasteiger partial charge on any atom is -0.375 e. The summed E-state index contributed by atoms with van der Waals surface area (Å²) in [4.78, 5) is 13.3.